The van der Waals surface area contributed by atoms with Crippen LogP contribution >= 0.6 is 0 Å². The van der Waals surface area contributed by atoms with Crippen LogP contribution in [-0.4, -0.2) is 13.2 Å². The minimum atomic E-state index is 0.696. The third kappa shape index (κ3) is 5.96. The Hall–Kier alpha value is -0.760. The third-order valence-electron chi connectivity index (χ3n) is 2.78. The van der Waals surface area contributed by atoms with Crippen molar-refractivity contribution in [1.82, 2.24) is 0 Å². The predicted molar refractivity (Wildman–Crippen MR) is 71.3 cm³/mol. The summed E-state index contributed by atoms with van der Waals surface area (Å²) >= 11 is 0. The van der Waals surface area contributed by atoms with Crippen LogP contribution in [0.1, 0.15) is 53.4 Å². The van der Waals surface area contributed by atoms with Gasteiger partial charge >= 0.3 is 0 Å². The minimum absolute atomic E-state index is 0.696. The molecule has 0 aromatic rings. The number of nitrogens with two attached hydrogens (primary N) is 1. The van der Waals surface area contributed by atoms with Crippen molar-refractivity contribution >= 4 is 0 Å². The van der Waals surface area contributed by atoms with Gasteiger partial charge in [0.2, 0.25) is 0 Å². The van der Waals surface area contributed by atoms with Crippen molar-refractivity contribution in [2.24, 2.45) is 5.73 Å². The molecule has 0 atom stereocenters. The molecule has 0 aliphatic heterocycles. The molecule has 0 fully saturated rings. The Kier molecular flexibility index (Phi) is 9.02. The maximum atomic E-state index is 5.71. The third-order valence-corrected chi connectivity index (χ3v) is 2.78. The summed E-state index contributed by atoms with van der Waals surface area (Å²) in [7, 11) is 0. The van der Waals surface area contributed by atoms with Gasteiger partial charge in [0.15, 0.2) is 0 Å². The Morgan fingerprint density at radius 1 is 1.12 bits per heavy atom. The zero-order chi connectivity index (χ0) is 12.4. The normalized spacial score (nSPS) is 13.7. The number of hydrogen-bond acceptors (Lipinski definition) is 2. The molecule has 0 saturated carbocycles. The molecule has 0 amide bonds. The summed E-state index contributed by atoms with van der Waals surface area (Å²) in [5, 5.41) is 0. The van der Waals surface area contributed by atoms with Crippen LogP contribution in [0.25, 0.3) is 0 Å². The van der Waals surface area contributed by atoms with Crippen LogP contribution in [-0.2, 0) is 4.74 Å². The first-order valence-corrected chi connectivity index (χ1v) is 6.41. The summed E-state index contributed by atoms with van der Waals surface area (Å²) in [6.45, 7) is 10.1. The molecule has 2 nitrogen and oxygen atoms in total. The molecule has 0 aromatic heterocycles. The second-order valence-electron chi connectivity index (χ2n) is 3.97. The van der Waals surface area contributed by atoms with Crippen LogP contribution in [0.5, 0.6) is 0 Å². The fourth-order valence-corrected chi connectivity index (χ4v) is 1.48. The fourth-order valence-electron chi connectivity index (χ4n) is 1.48. The van der Waals surface area contributed by atoms with Gasteiger partial charge in [-0.05, 0) is 44.4 Å². The van der Waals surface area contributed by atoms with Crippen molar-refractivity contribution in [3.8, 4) is 0 Å². The van der Waals surface area contributed by atoms with Crippen LogP contribution in [0.3, 0.4) is 0 Å². The van der Waals surface area contributed by atoms with Gasteiger partial charge in [-0.3, -0.25) is 0 Å². The number of allylic oxidation sites excluding steroid dienone is 4. The molecule has 0 saturated heterocycles. The van der Waals surface area contributed by atoms with Crippen molar-refractivity contribution in [3.05, 3.63) is 23.0 Å². The second kappa shape index (κ2) is 9.46. The minimum Gasteiger partial charge on any atom is -0.498 e. The lowest BCUT2D eigenvalue weighted by Gasteiger charge is -2.10. The number of rotatable bonds is 8. The monoisotopic (exact) mass is 225 g/mol. The lowest BCUT2D eigenvalue weighted by atomic mass is 10.0. The van der Waals surface area contributed by atoms with E-state index in [1.807, 2.05) is 0 Å². The van der Waals surface area contributed by atoms with E-state index in [4.69, 9.17) is 10.5 Å². The van der Waals surface area contributed by atoms with E-state index in [-0.39, 0.29) is 0 Å². The van der Waals surface area contributed by atoms with E-state index in [0.717, 1.165) is 38.0 Å². The van der Waals surface area contributed by atoms with Gasteiger partial charge in [0.05, 0.1) is 12.4 Å². The Labute approximate surface area is 101 Å². The Morgan fingerprint density at radius 3 is 2.25 bits per heavy atom. The molecule has 0 heterocycles. The van der Waals surface area contributed by atoms with E-state index in [1.54, 1.807) is 0 Å². The van der Waals surface area contributed by atoms with Crippen molar-refractivity contribution in [2.45, 2.75) is 53.4 Å². The Balaban J connectivity index is 4.52. The molecule has 94 valence electrons. The lowest BCUT2D eigenvalue weighted by Crippen LogP contribution is -2.04. The van der Waals surface area contributed by atoms with Gasteiger partial charge in [0.25, 0.3) is 0 Å². The highest BCUT2D eigenvalue weighted by Crippen LogP contribution is 2.17. The van der Waals surface area contributed by atoms with Crippen LogP contribution in [0.2, 0.25) is 0 Å². The molecule has 0 radical (unpaired) electrons. The van der Waals surface area contributed by atoms with Gasteiger partial charge in [-0.15, -0.1) is 0 Å². The van der Waals surface area contributed by atoms with E-state index in [0.29, 0.717) is 6.54 Å². The van der Waals surface area contributed by atoms with E-state index >= 15 is 0 Å². The van der Waals surface area contributed by atoms with Gasteiger partial charge in [0.1, 0.15) is 0 Å². The standard InChI is InChI=1S/C14H27NO/c1-5-12(4)13(6-2)11-14(7-3)16-10-8-9-15/h11H,5-10,15H2,1-4H3/b13-12+,14-11+. The molecular formula is C14H27NO. The van der Waals surface area contributed by atoms with Crippen molar-refractivity contribution < 1.29 is 4.74 Å². The summed E-state index contributed by atoms with van der Waals surface area (Å²) in [5.74, 6) is 1.08. The maximum absolute atomic E-state index is 5.71. The largest absolute Gasteiger partial charge is 0.498 e. The SMILES string of the molecule is CC/C(=C\C(CC)=C(/C)CC)OCCCN. The highest BCUT2D eigenvalue weighted by Gasteiger charge is 2.00. The highest BCUT2D eigenvalue weighted by molar-refractivity contribution is 5.26. The van der Waals surface area contributed by atoms with E-state index in [9.17, 15) is 0 Å². The molecule has 16 heavy (non-hydrogen) atoms. The molecule has 0 bridgehead atoms. The smallest absolute Gasteiger partial charge is 0.0959 e. The van der Waals surface area contributed by atoms with Crippen molar-refractivity contribution in [3.63, 3.8) is 0 Å². The van der Waals surface area contributed by atoms with Crippen LogP contribution in [0, 0.1) is 0 Å². The van der Waals surface area contributed by atoms with Gasteiger partial charge in [0, 0.05) is 6.42 Å². The molecule has 0 aliphatic rings. The van der Waals surface area contributed by atoms with Crippen LogP contribution in [0.4, 0.5) is 0 Å². The van der Waals surface area contributed by atoms with E-state index < -0.39 is 0 Å². The quantitative estimate of drug-likeness (QED) is 0.387. The summed E-state index contributed by atoms with van der Waals surface area (Å²) in [4.78, 5) is 0. The Morgan fingerprint density at radius 2 is 1.81 bits per heavy atom. The molecule has 2 heteroatoms. The predicted octanol–water partition coefficient (Wildman–Crippen LogP) is 3.78. The molecule has 2 N–H and O–H groups in total. The molecule has 0 aliphatic carbocycles. The summed E-state index contributed by atoms with van der Waals surface area (Å²) < 4.78 is 5.71. The molecule has 0 rings (SSSR count). The zero-order valence-electron chi connectivity index (χ0n) is 11.3. The zero-order valence-corrected chi connectivity index (χ0v) is 11.3. The lowest BCUT2D eigenvalue weighted by molar-refractivity contribution is 0.202. The fraction of sp³-hybridized carbons (Fsp3) is 0.714. The summed E-state index contributed by atoms with van der Waals surface area (Å²) in [6, 6.07) is 0. The van der Waals surface area contributed by atoms with Gasteiger partial charge in [-0.1, -0.05) is 26.3 Å². The van der Waals surface area contributed by atoms with E-state index in [1.165, 1.54) is 11.1 Å². The average molecular weight is 225 g/mol. The van der Waals surface area contributed by atoms with Gasteiger partial charge in [-0.2, -0.15) is 0 Å². The Bertz CT molecular complexity index is 241. The van der Waals surface area contributed by atoms with Gasteiger partial charge < -0.3 is 10.5 Å². The van der Waals surface area contributed by atoms with Crippen LogP contribution in [0.15, 0.2) is 23.0 Å². The second-order valence-corrected chi connectivity index (χ2v) is 3.97. The molecule has 0 unspecified atom stereocenters. The molecular weight excluding hydrogens is 198 g/mol. The molecule has 0 spiro atoms. The number of ether oxygens (including phenoxy) is 1. The summed E-state index contributed by atoms with van der Waals surface area (Å²) in [5.41, 5.74) is 8.31. The number of hydrogen-bond donors (Lipinski definition) is 1. The topological polar surface area (TPSA) is 35.2 Å². The van der Waals surface area contributed by atoms with E-state index in [2.05, 4.69) is 33.8 Å². The highest BCUT2D eigenvalue weighted by atomic mass is 16.5. The van der Waals surface area contributed by atoms with Crippen LogP contribution < -0.4 is 5.73 Å². The van der Waals surface area contributed by atoms with Crippen molar-refractivity contribution in [2.75, 3.05) is 13.2 Å². The maximum Gasteiger partial charge on any atom is 0.0959 e. The first-order chi connectivity index (χ1) is 7.69. The molecule has 0 aromatic carbocycles. The average Bonchev–Trinajstić information content (AvgIpc) is 2.32. The summed E-state index contributed by atoms with van der Waals surface area (Å²) in [6.07, 6.45) is 6.26. The first kappa shape index (κ1) is 15.2. The van der Waals surface area contributed by atoms with Crippen molar-refractivity contribution in [1.29, 1.82) is 0 Å². The van der Waals surface area contributed by atoms with Gasteiger partial charge in [-0.25, -0.2) is 0 Å². The first-order valence-electron chi connectivity index (χ1n) is 6.41.